The third-order valence-electron chi connectivity index (χ3n) is 2.38. The van der Waals surface area contributed by atoms with Crippen molar-refractivity contribution in [2.45, 2.75) is 13.3 Å². The average molecular weight is 278 g/mol. The zero-order valence-electron chi connectivity index (χ0n) is 9.08. The Hall–Kier alpha value is -1.56. The van der Waals surface area contributed by atoms with Crippen LogP contribution in [-0.2, 0) is 0 Å². The van der Waals surface area contributed by atoms with Crippen LogP contribution in [0, 0.1) is 5.92 Å². The molecule has 0 aromatic heterocycles. The van der Waals surface area contributed by atoms with E-state index in [1.807, 2.05) is 0 Å². The molecular formula is C11H7ClF3NO2. The number of halogens is 4. The van der Waals surface area contributed by atoms with Crippen molar-refractivity contribution in [1.82, 2.24) is 0 Å². The minimum absolute atomic E-state index is 0.0387. The molecule has 0 N–H and O–H groups in total. The molecule has 0 amide bonds. The lowest BCUT2D eigenvalue weighted by Gasteiger charge is -2.17. The fourth-order valence-corrected chi connectivity index (χ4v) is 1.84. The van der Waals surface area contributed by atoms with Crippen molar-refractivity contribution in [2.24, 2.45) is 10.9 Å². The highest BCUT2D eigenvalue weighted by Crippen LogP contribution is 2.38. The number of benzene rings is 1. The normalized spacial score (nSPS) is 18.7. The first kappa shape index (κ1) is 12.9. The van der Waals surface area contributed by atoms with E-state index in [1.165, 1.54) is 6.21 Å². The van der Waals surface area contributed by atoms with Gasteiger partial charge in [0.2, 0.25) is 0 Å². The Morgan fingerprint density at radius 1 is 1.39 bits per heavy atom. The minimum atomic E-state index is -4.83. The molecule has 0 aliphatic carbocycles. The lowest BCUT2D eigenvalue weighted by molar-refractivity contribution is -0.274. The third kappa shape index (κ3) is 2.48. The van der Waals surface area contributed by atoms with Crippen LogP contribution in [0.25, 0.3) is 0 Å². The molecular weight excluding hydrogens is 271 g/mol. The first-order valence-corrected chi connectivity index (χ1v) is 5.33. The maximum atomic E-state index is 12.1. The number of aliphatic imine (C=N–C) groups is 1. The van der Waals surface area contributed by atoms with Crippen LogP contribution in [-0.4, -0.2) is 18.4 Å². The molecule has 0 radical (unpaired) electrons. The summed E-state index contributed by atoms with van der Waals surface area (Å²) in [5, 5.41) is -0.0525. The third-order valence-corrected chi connectivity index (χ3v) is 2.66. The molecule has 2 rings (SSSR count). The van der Waals surface area contributed by atoms with E-state index in [2.05, 4.69) is 9.73 Å². The summed E-state index contributed by atoms with van der Waals surface area (Å²) in [6, 6.07) is 1.98. The Kier molecular flexibility index (Phi) is 3.06. The zero-order chi connectivity index (χ0) is 13.5. The van der Waals surface area contributed by atoms with Gasteiger partial charge < -0.3 is 4.74 Å². The fraction of sp³-hybridized carbons (Fsp3) is 0.273. The van der Waals surface area contributed by atoms with Crippen LogP contribution < -0.4 is 4.74 Å². The molecule has 0 bridgehead atoms. The van der Waals surface area contributed by atoms with E-state index in [0.29, 0.717) is 0 Å². The molecule has 96 valence electrons. The van der Waals surface area contributed by atoms with Crippen LogP contribution in [0.4, 0.5) is 18.9 Å². The molecule has 1 aliphatic rings. The highest BCUT2D eigenvalue weighted by atomic mass is 35.5. The summed E-state index contributed by atoms with van der Waals surface area (Å²) < 4.78 is 40.0. The van der Waals surface area contributed by atoms with Gasteiger partial charge in [0.15, 0.2) is 5.78 Å². The molecule has 1 aromatic carbocycles. The van der Waals surface area contributed by atoms with Crippen LogP contribution in [0.3, 0.4) is 0 Å². The molecule has 1 heterocycles. The van der Waals surface area contributed by atoms with Gasteiger partial charge >= 0.3 is 6.36 Å². The van der Waals surface area contributed by atoms with Crippen molar-refractivity contribution in [2.75, 3.05) is 0 Å². The Bertz CT molecular complexity index is 540. The van der Waals surface area contributed by atoms with E-state index in [-0.39, 0.29) is 22.1 Å². The number of rotatable bonds is 1. The molecule has 0 spiro atoms. The average Bonchev–Trinajstić information content (AvgIpc) is 2.21. The van der Waals surface area contributed by atoms with Gasteiger partial charge in [-0.25, -0.2) is 0 Å². The standard InChI is InChI=1S/C11H7ClF3NO2/c1-5-4-16-9-7(10(5)17)2-6(3-8(9)12)18-11(13,14)15/h2-5H,1H3. The maximum absolute atomic E-state index is 12.1. The fourth-order valence-electron chi connectivity index (χ4n) is 1.59. The van der Waals surface area contributed by atoms with Crippen LogP contribution in [0.2, 0.25) is 5.02 Å². The highest BCUT2D eigenvalue weighted by Gasteiger charge is 2.32. The van der Waals surface area contributed by atoms with Gasteiger partial charge in [-0.05, 0) is 6.07 Å². The largest absolute Gasteiger partial charge is 0.573 e. The first-order chi connectivity index (χ1) is 8.28. The van der Waals surface area contributed by atoms with Crippen LogP contribution in [0.5, 0.6) is 5.75 Å². The summed E-state index contributed by atoms with van der Waals surface area (Å²) in [7, 11) is 0. The smallest absolute Gasteiger partial charge is 0.406 e. The van der Waals surface area contributed by atoms with Crippen molar-refractivity contribution >= 4 is 29.3 Å². The number of hydrogen-bond acceptors (Lipinski definition) is 3. The van der Waals surface area contributed by atoms with Crippen LogP contribution >= 0.6 is 11.6 Å². The number of carbonyl (C=O) groups excluding carboxylic acids is 1. The second-order valence-electron chi connectivity index (χ2n) is 3.78. The van der Waals surface area contributed by atoms with E-state index < -0.39 is 18.0 Å². The van der Waals surface area contributed by atoms with Gasteiger partial charge in [-0.2, -0.15) is 0 Å². The highest BCUT2D eigenvalue weighted by molar-refractivity contribution is 6.34. The van der Waals surface area contributed by atoms with Gasteiger partial charge in [0.25, 0.3) is 0 Å². The number of hydrogen-bond donors (Lipinski definition) is 0. The Labute approximate surface area is 105 Å². The number of carbonyl (C=O) groups is 1. The molecule has 0 saturated heterocycles. The van der Waals surface area contributed by atoms with Crippen molar-refractivity contribution in [3.05, 3.63) is 22.7 Å². The van der Waals surface area contributed by atoms with Gasteiger partial charge in [-0.3, -0.25) is 9.79 Å². The summed E-state index contributed by atoms with van der Waals surface area (Å²) in [5.74, 6) is -1.35. The SMILES string of the molecule is CC1C=Nc2c(Cl)cc(OC(F)(F)F)cc2C1=O. The number of ether oxygens (including phenoxy) is 1. The van der Waals surface area contributed by atoms with Gasteiger partial charge in [0, 0.05) is 17.8 Å². The maximum Gasteiger partial charge on any atom is 0.573 e. The van der Waals surface area contributed by atoms with Gasteiger partial charge in [0.05, 0.1) is 16.6 Å². The number of alkyl halides is 3. The van der Waals surface area contributed by atoms with Crippen LogP contribution in [0.15, 0.2) is 17.1 Å². The summed E-state index contributed by atoms with van der Waals surface area (Å²) in [6.45, 7) is 1.60. The summed E-state index contributed by atoms with van der Waals surface area (Å²) >= 11 is 5.78. The lowest BCUT2D eigenvalue weighted by Crippen LogP contribution is -2.19. The Morgan fingerprint density at radius 2 is 2.06 bits per heavy atom. The van der Waals surface area contributed by atoms with Gasteiger partial charge in [0.1, 0.15) is 5.75 Å². The van der Waals surface area contributed by atoms with Crippen molar-refractivity contribution in [3.8, 4) is 5.75 Å². The summed E-state index contributed by atoms with van der Waals surface area (Å²) in [5.41, 5.74) is 0.214. The minimum Gasteiger partial charge on any atom is -0.406 e. The molecule has 1 atom stereocenters. The number of nitrogens with zero attached hydrogens (tertiary/aromatic N) is 1. The van der Waals surface area contributed by atoms with E-state index in [9.17, 15) is 18.0 Å². The van der Waals surface area contributed by atoms with Gasteiger partial charge in [-0.1, -0.05) is 18.5 Å². The monoisotopic (exact) mass is 277 g/mol. The van der Waals surface area contributed by atoms with Gasteiger partial charge in [-0.15, -0.1) is 13.2 Å². The van der Waals surface area contributed by atoms with E-state index in [1.54, 1.807) is 6.92 Å². The second-order valence-corrected chi connectivity index (χ2v) is 4.19. The Morgan fingerprint density at radius 3 is 2.67 bits per heavy atom. The summed E-state index contributed by atoms with van der Waals surface area (Å²) in [4.78, 5) is 15.7. The predicted molar refractivity (Wildman–Crippen MR) is 59.8 cm³/mol. The topological polar surface area (TPSA) is 38.7 Å². The molecule has 1 aromatic rings. The molecule has 7 heteroatoms. The van der Waals surface area contributed by atoms with Crippen LogP contribution in [0.1, 0.15) is 17.3 Å². The van der Waals surface area contributed by atoms with E-state index in [4.69, 9.17) is 11.6 Å². The van der Waals surface area contributed by atoms with E-state index >= 15 is 0 Å². The Balaban J connectivity index is 2.48. The van der Waals surface area contributed by atoms with Crippen molar-refractivity contribution in [3.63, 3.8) is 0 Å². The second kappa shape index (κ2) is 4.28. The predicted octanol–water partition coefficient (Wildman–Crippen LogP) is 3.77. The zero-order valence-corrected chi connectivity index (χ0v) is 9.84. The lowest BCUT2D eigenvalue weighted by atomic mass is 9.96. The number of Topliss-reactive ketones (excluding diaryl/α,β-unsaturated/α-hetero) is 1. The van der Waals surface area contributed by atoms with Crippen molar-refractivity contribution < 1.29 is 22.7 Å². The van der Waals surface area contributed by atoms with Crippen molar-refractivity contribution in [1.29, 1.82) is 0 Å². The molecule has 18 heavy (non-hydrogen) atoms. The molecule has 3 nitrogen and oxygen atoms in total. The quantitative estimate of drug-likeness (QED) is 0.784. The van der Waals surface area contributed by atoms with E-state index in [0.717, 1.165) is 12.1 Å². The molecule has 1 aliphatic heterocycles. The molecule has 0 fully saturated rings. The first-order valence-electron chi connectivity index (χ1n) is 4.95. The summed E-state index contributed by atoms with van der Waals surface area (Å²) in [6.07, 6.45) is -3.43. The number of fused-ring (bicyclic) bond motifs is 1. The number of ketones is 1. The molecule has 1 unspecified atom stereocenters. The molecule has 0 saturated carbocycles.